The molecule has 1 aliphatic carbocycles. The van der Waals surface area contributed by atoms with Crippen LogP contribution in [0.2, 0.25) is 0 Å². The van der Waals surface area contributed by atoms with Gasteiger partial charge in [0, 0.05) is 57.8 Å². The molecule has 0 N–H and O–H groups in total. The molecule has 1 saturated heterocycles. The number of hydrogen-bond acceptors (Lipinski definition) is 3. The van der Waals surface area contributed by atoms with Gasteiger partial charge in [-0.25, -0.2) is 0 Å². The molecule has 0 aromatic carbocycles. The summed E-state index contributed by atoms with van der Waals surface area (Å²) in [6.07, 6.45) is 6.10. The van der Waals surface area contributed by atoms with E-state index in [4.69, 9.17) is 0 Å². The Morgan fingerprint density at radius 3 is 1.88 bits per heavy atom. The van der Waals surface area contributed by atoms with E-state index >= 15 is 0 Å². The van der Waals surface area contributed by atoms with Gasteiger partial charge in [-0.05, 0) is 31.6 Å². The summed E-state index contributed by atoms with van der Waals surface area (Å²) >= 11 is 0. The van der Waals surface area contributed by atoms with E-state index < -0.39 is 0 Å². The van der Waals surface area contributed by atoms with Crippen LogP contribution in [0.3, 0.4) is 0 Å². The molecule has 0 unspecified atom stereocenters. The Hall–Kier alpha value is -0.610. The molecule has 0 atom stereocenters. The lowest BCUT2D eigenvalue weighted by atomic mass is 9.88. The Morgan fingerprint density at radius 2 is 1.46 bits per heavy atom. The highest BCUT2D eigenvalue weighted by atomic mass is 16.2. The van der Waals surface area contributed by atoms with Gasteiger partial charge in [-0.1, -0.05) is 48.0 Å². The lowest BCUT2D eigenvalue weighted by Crippen LogP contribution is -2.53. The summed E-state index contributed by atoms with van der Waals surface area (Å²) in [5, 5.41) is 0. The predicted molar refractivity (Wildman–Crippen MR) is 112 cm³/mol. The van der Waals surface area contributed by atoms with Crippen LogP contribution in [0.15, 0.2) is 0 Å². The average molecular weight is 368 g/mol. The first-order chi connectivity index (χ1) is 12.3. The number of carbonyl (C=O) groups is 1. The van der Waals surface area contributed by atoms with E-state index in [1.807, 2.05) is 25.8 Å². The molecule has 1 amide bonds. The van der Waals surface area contributed by atoms with Gasteiger partial charge in [-0.3, -0.25) is 9.69 Å². The van der Waals surface area contributed by atoms with E-state index in [0.717, 1.165) is 12.0 Å². The predicted octanol–water partition coefficient (Wildman–Crippen LogP) is 4.10. The maximum Gasteiger partial charge on any atom is 0.225 e. The van der Waals surface area contributed by atoms with Gasteiger partial charge in [0.1, 0.15) is 0 Å². The minimum atomic E-state index is 0.117. The van der Waals surface area contributed by atoms with Gasteiger partial charge < -0.3 is 9.80 Å². The number of amides is 1. The molecule has 0 spiro atoms. The second-order valence-corrected chi connectivity index (χ2v) is 9.00. The monoisotopic (exact) mass is 367 g/mol. The minimum absolute atomic E-state index is 0.117. The molecule has 2 aliphatic rings. The molecule has 2 rings (SSSR count). The first-order valence-electron chi connectivity index (χ1n) is 11.0. The van der Waals surface area contributed by atoms with Crippen molar-refractivity contribution in [2.24, 2.45) is 11.8 Å². The summed E-state index contributed by atoms with van der Waals surface area (Å²) in [4.78, 5) is 19.5. The topological polar surface area (TPSA) is 26.8 Å². The molecular formula is C22H45N3O. The van der Waals surface area contributed by atoms with Crippen LogP contribution in [0.25, 0.3) is 0 Å². The van der Waals surface area contributed by atoms with Crippen molar-refractivity contribution in [3.63, 3.8) is 0 Å². The van der Waals surface area contributed by atoms with E-state index in [1.165, 1.54) is 64.8 Å². The lowest BCUT2D eigenvalue weighted by molar-refractivity contribution is -0.136. The van der Waals surface area contributed by atoms with Gasteiger partial charge >= 0.3 is 0 Å². The first-order valence-corrected chi connectivity index (χ1v) is 11.0. The molecule has 0 radical (unpaired) electrons. The highest BCUT2D eigenvalue weighted by molar-refractivity contribution is 5.78. The fraction of sp³-hybridized carbons (Fsp3) is 0.955. The highest BCUT2D eigenvalue weighted by Gasteiger charge is 2.31. The Morgan fingerprint density at radius 1 is 0.962 bits per heavy atom. The Labute approximate surface area is 163 Å². The number of hydrogen-bond donors (Lipinski definition) is 0. The van der Waals surface area contributed by atoms with Gasteiger partial charge in [-0.15, -0.1) is 0 Å². The van der Waals surface area contributed by atoms with Gasteiger partial charge in [0.05, 0.1) is 0 Å². The zero-order valence-corrected chi connectivity index (χ0v) is 18.6. The second-order valence-electron chi connectivity index (χ2n) is 9.00. The van der Waals surface area contributed by atoms with Gasteiger partial charge in [0.25, 0.3) is 0 Å². The van der Waals surface area contributed by atoms with Crippen molar-refractivity contribution in [1.29, 1.82) is 0 Å². The summed E-state index contributed by atoms with van der Waals surface area (Å²) in [6.45, 7) is 19.0. The Kier molecular flexibility index (Phi) is 10.8. The smallest absolute Gasteiger partial charge is 0.225 e. The van der Waals surface area contributed by atoms with E-state index in [2.05, 4.69) is 37.5 Å². The fourth-order valence-electron chi connectivity index (χ4n) is 4.23. The van der Waals surface area contributed by atoms with Crippen LogP contribution in [0.5, 0.6) is 0 Å². The molecule has 4 nitrogen and oxygen atoms in total. The number of rotatable bonds is 5. The molecule has 2 fully saturated rings. The molecule has 0 aromatic heterocycles. The molecule has 26 heavy (non-hydrogen) atoms. The largest absolute Gasteiger partial charge is 0.343 e. The van der Waals surface area contributed by atoms with Gasteiger partial charge in [-0.2, -0.15) is 0 Å². The van der Waals surface area contributed by atoms with Crippen LogP contribution in [0, 0.1) is 11.8 Å². The van der Waals surface area contributed by atoms with Crippen LogP contribution in [0.4, 0.5) is 0 Å². The summed E-state index contributed by atoms with van der Waals surface area (Å²) in [5.41, 5.74) is 0. The van der Waals surface area contributed by atoms with E-state index in [9.17, 15) is 4.79 Å². The van der Waals surface area contributed by atoms with Gasteiger partial charge in [0.15, 0.2) is 0 Å². The normalized spacial score (nSPS) is 25.1. The van der Waals surface area contributed by atoms with Crippen molar-refractivity contribution < 1.29 is 4.79 Å². The molecule has 154 valence electrons. The maximum absolute atomic E-state index is 12.2. The standard InChI is InChI=1S/C19H37N3O.C3H8/c1-15(2)14-21-10-12-22(13-11-21)18-8-6-17(7-9-18)20(5)19(23)16(3)4;1-3-2/h15-18H,6-14H2,1-5H3;3H2,1-2H3. The summed E-state index contributed by atoms with van der Waals surface area (Å²) in [7, 11) is 2.00. The van der Waals surface area contributed by atoms with Crippen molar-refractivity contribution in [1.82, 2.24) is 14.7 Å². The summed E-state index contributed by atoms with van der Waals surface area (Å²) < 4.78 is 0. The highest BCUT2D eigenvalue weighted by Crippen LogP contribution is 2.27. The average Bonchev–Trinajstić information content (AvgIpc) is 2.61. The van der Waals surface area contributed by atoms with Crippen molar-refractivity contribution in [3.8, 4) is 0 Å². The zero-order valence-electron chi connectivity index (χ0n) is 18.6. The first kappa shape index (κ1) is 23.4. The molecule has 1 heterocycles. The third kappa shape index (κ3) is 7.56. The number of piperazine rings is 1. The summed E-state index contributed by atoms with van der Waals surface area (Å²) in [6, 6.07) is 1.21. The SMILES string of the molecule is CC(C)CN1CCN(C2CCC(N(C)C(=O)C(C)C)CC2)CC1.CCC. The third-order valence-electron chi connectivity index (χ3n) is 5.60. The Bertz CT molecular complexity index is 381. The Balaban J connectivity index is 0.00000105. The molecular weight excluding hydrogens is 322 g/mol. The third-order valence-corrected chi connectivity index (χ3v) is 5.60. The van der Waals surface area contributed by atoms with Crippen LogP contribution >= 0.6 is 0 Å². The van der Waals surface area contributed by atoms with Crippen molar-refractivity contribution in [2.45, 2.75) is 85.7 Å². The zero-order chi connectivity index (χ0) is 19.7. The van der Waals surface area contributed by atoms with Crippen LogP contribution < -0.4 is 0 Å². The lowest BCUT2D eigenvalue weighted by Gasteiger charge is -2.43. The van der Waals surface area contributed by atoms with E-state index in [0.29, 0.717) is 11.9 Å². The molecule has 4 heteroatoms. The maximum atomic E-state index is 12.2. The van der Waals surface area contributed by atoms with Crippen molar-refractivity contribution >= 4 is 5.91 Å². The van der Waals surface area contributed by atoms with Crippen LogP contribution in [-0.2, 0) is 4.79 Å². The van der Waals surface area contributed by atoms with Crippen molar-refractivity contribution in [3.05, 3.63) is 0 Å². The van der Waals surface area contributed by atoms with Crippen LogP contribution in [0.1, 0.15) is 73.6 Å². The second kappa shape index (κ2) is 12.0. The molecule has 1 saturated carbocycles. The quantitative estimate of drug-likeness (QED) is 0.732. The molecule has 0 bridgehead atoms. The van der Waals surface area contributed by atoms with Crippen LogP contribution in [-0.4, -0.2) is 72.5 Å². The van der Waals surface area contributed by atoms with Gasteiger partial charge in [0.2, 0.25) is 5.91 Å². The van der Waals surface area contributed by atoms with Crippen molar-refractivity contribution in [2.75, 3.05) is 39.8 Å². The number of carbonyl (C=O) groups excluding carboxylic acids is 1. The fourth-order valence-corrected chi connectivity index (χ4v) is 4.23. The molecule has 0 aromatic rings. The minimum Gasteiger partial charge on any atom is -0.343 e. The van der Waals surface area contributed by atoms with E-state index in [-0.39, 0.29) is 5.92 Å². The number of nitrogens with zero attached hydrogens (tertiary/aromatic N) is 3. The van der Waals surface area contributed by atoms with E-state index in [1.54, 1.807) is 0 Å². The molecule has 1 aliphatic heterocycles. The summed E-state index contributed by atoms with van der Waals surface area (Å²) in [5.74, 6) is 1.19.